The fraction of sp³-hybridized carbons (Fsp3) is 0.273. The second kappa shape index (κ2) is 4.56. The molecule has 0 fully saturated rings. The zero-order valence-electron chi connectivity index (χ0n) is 8.27. The maximum Gasteiger partial charge on any atom is 0.210 e. The molecule has 1 aromatic carbocycles. The van der Waals surface area contributed by atoms with Gasteiger partial charge in [0.15, 0.2) is 0 Å². The molecule has 3 heteroatoms. The van der Waals surface area contributed by atoms with Crippen molar-refractivity contribution in [2.45, 2.75) is 13.8 Å². The minimum Gasteiger partial charge on any atom is -0.411 e. The highest BCUT2D eigenvalue weighted by atomic mass is 16.4. The average Bonchev–Trinajstić information content (AvgIpc) is 2.19. The SMILES string of the molecule is CC(C)/C(=N\O)C(=O)c1ccccc1. The van der Waals surface area contributed by atoms with Crippen molar-refractivity contribution in [3.05, 3.63) is 35.9 Å². The Bertz CT molecular complexity index is 342. The van der Waals surface area contributed by atoms with Gasteiger partial charge in [-0.3, -0.25) is 4.79 Å². The van der Waals surface area contributed by atoms with E-state index in [4.69, 9.17) is 5.21 Å². The van der Waals surface area contributed by atoms with E-state index in [2.05, 4.69) is 5.16 Å². The van der Waals surface area contributed by atoms with E-state index < -0.39 is 0 Å². The van der Waals surface area contributed by atoms with Crippen molar-refractivity contribution in [3.63, 3.8) is 0 Å². The van der Waals surface area contributed by atoms with Gasteiger partial charge < -0.3 is 5.21 Å². The highest BCUT2D eigenvalue weighted by molar-refractivity contribution is 6.46. The van der Waals surface area contributed by atoms with Crippen molar-refractivity contribution >= 4 is 11.5 Å². The molecule has 1 rings (SSSR count). The second-order valence-electron chi connectivity index (χ2n) is 3.34. The third-order valence-electron chi connectivity index (χ3n) is 1.92. The molecular formula is C11H13NO2. The number of carbonyl (C=O) groups excluding carboxylic acids is 1. The van der Waals surface area contributed by atoms with E-state index in [9.17, 15) is 4.79 Å². The molecule has 0 radical (unpaired) electrons. The zero-order chi connectivity index (χ0) is 10.6. The molecule has 0 amide bonds. The summed E-state index contributed by atoms with van der Waals surface area (Å²) in [5.74, 6) is -0.296. The van der Waals surface area contributed by atoms with Gasteiger partial charge in [0.05, 0.1) is 0 Å². The summed E-state index contributed by atoms with van der Waals surface area (Å²) >= 11 is 0. The second-order valence-corrected chi connectivity index (χ2v) is 3.34. The van der Waals surface area contributed by atoms with Crippen LogP contribution in [-0.2, 0) is 0 Å². The quantitative estimate of drug-likeness (QED) is 0.345. The van der Waals surface area contributed by atoms with Gasteiger partial charge in [0.2, 0.25) is 5.78 Å². The number of oxime groups is 1. The molecule has 0 heterocycles. The van der Waals surface area contributed by atoms with Crippen LogP contribution < -0.4 is 0 Å². The van der Waals surface area contributed by atoms with Gasteiger partial charge in [0.25, 0.3) is 0 Å². The highest BCUT2D eigenvalue weighted by Crippen LogP contribution is 2.07. The lowest BCUT2D eigenvalue weighted by Crippen LogP contribution is -2.20. The Hall–Kier alpha value is -1.64. The van der Waals surface area contributed by atoms with Crippen LogP contribution in [0.5, 0.6) is 0 Å². The van der Waals surface area contributed by atoms with Gasteiger partial charge in [-0.25, -0.2) is 0 Å². The first-order chi connectivity index (χ1) is 6.66. The normalized spacial score (nSPS) is 11.8. The van der Waals surface area contributed by atoms with Gasteiger partial charge in [0, 0.05) is 11.5 Å². The lowest BCUT2D eigenvalue weighted by atomic mass is 9.99. The molecule has 0 saturated heterocycles. The number of Topliss-reactive ketones (excluding diaryl/α,β-unsaturated/α-hetero) is 1. The number of rotatable bonds is 3. The number of benzene rings is 1. The molecule has 0 aliphatic carbocycles. The first kappa shape index (κ1) is 10.4. The Morgan fingerprint density at radius 1 is 1.29 bits per heavy atom. The standard InChI is InChI=1S/C11H13NO2/c1-8(2)10(12-14)11(13)9-6-4-3-5-7-9/h3-8,14H,1-2H3/b12-10+. The summed E-state index contributed by atoms with van der Waals surface area (Å²) < 4.78 is 0. The summed E-state index contributed by atoms with van der Waals surface area (Å²) in [6, 6.07) is 8.80. The molecule has 14 heavy (non-hydrogen) atoms. The lowest BCUT2D eigenvalue weighted by Gasteiger charge is -2.05. The van der Waals surface area contributed by atoms with Crippen LogP contribution in [0.2, 0.25) is 0 Å². The van der Waals surface area contributed by atoms with Crippen LogP contribution in [-0.4, -0.2) is 16.7 Å². The van der Waals surface area contributed by atoms with Crippen LogP contribution in [0.25, 0.3) is 0 Å². The Kier molecular flexibility index (Phi) is 3.40. The summed E-state index contributed by atoms with van der Waals surface area (Å²) in [6.07, 6.45) is 0. The molecule has 0 unspecified atom stereocenters. The summed E-state index contributed by atoms with van der Waals surface area (Å²) in [4.78, 5) is 11.7. The smallest absolute Gasteiger partial charge is 0.210 e. The lowest BCUT2D eigenvalue weighted by molar-refractivity contribution is 0.105. The molecule has 0 aliphatic rings. The third-order valence-corrected chi connectivity index (χ3v) is 1.92. The van der Waals surface area contributed by atoms with Crippen LogP contribution in [0, 0.1) is 5.92 Å². The molecule has 74 valence electrons. The van der Waals surface area contributed by atoms with Crippen molar-refractivity contribution in [3.8, 4) is 0 Å². The van der Waals surface area contributed by atoms with Gasteiger partial charge in [-0.15, -0.1) is 0 Å². The van der Waals surface area contributed by atoms with Gasteiger partial charge in [-0.05, 0) is 0 Å². The van der Waals surface area contributed by atoms with Crippen LogP contribution >= 0.6 is 0 Å². The fourth-order valence-electron chi connectivity index (χ4n) is 1.16. The van der Waals surface area contributed by atoms with Crippen molar-refractivity contribution < 1.29 is 10.0 Å². The third kappa shape index (κ3) is 2.19. The summed E-state index contributed by atoms with van der Waals surface area (Å²) in [6.45, 7) is 3.63. The minimum absolute atomic E-state index is 0.0762. The Labute approximate surface area is 83.1 Å². The van der Waals surface area contributed by atoms with Crippen molar-refractivity contribution in [2.75, 3.05) is 0 Å². The predicted molar refractivity (Wildman–Crippen MR) is 54.8 cm³/mol. The summed E-state index contributed by atoms with van der Waals surface area (Å²) in [5, 5.41) is 11.7. The van der Waals surface area contributed by atoms with E-state index in [-0.39, 0.29) is 17.4 Å². The molecule has 0 aliphatic heterocycles. The molecule has 1 N–H and O–H groups in total. The van der Waals surface area contributed by atoms with Crippen molar-refractivity contribution in [2.24, 2.45) is 11.1 Å². The fourth-order valence-corrected chi connectivity index (χ4v) is 1.16. The molecule has 3 nitrogen and oxygen atoms in total. The average molecular weight is 191 g/mol. The number of hydrogen-bond donors (Lipinski definition) is 1. The molecule has 0 atom stereocenters. The topological polar surface area (TPSA) is 49.7 Å². The summed E-state index contributed by atoms with van der Waals surface area (Å²) in [5.41, 5.74) is 0.741. The highest BCUT2D eigenvalue weighted by Gasteiger charge is 2.17. The molecular weight excluding hydrogens is 178 g/mol. The monoisotopic (exact) mass is 191 g/mol. The van der Waals surface area contributed by atoms with Gasteiger partial charge >= 0.3 is 0 Å². The molecule has 0 bridgehead atoms. The zero-order valence-corrected chi connectivity index (χ0v) is 8.27. The predicted octanol–water partition coefficient (Wildman–Crippen LogP) is 2.36. The van der Waals surface area contributed by atoms with E-state index in [1.807, 2.05) is 19.9 Å². The maximum absolute atomic E-state index is 11.7. The minimum atomic E-state index is -0.219. The Morgan fingerprint density at radius 3 is 2.29 bits per heavy atom. The molecule has 1 aromatic rings. The molecule has 0 aromatic heterocycles. The van der Waals surface area contributed by atoms with Crippen molar-refractivity contribution in [1.29, 1.82) is 0 Å². The number of carbonyl (C=O) groups is 1. The van der Waals surface area contributed by atoms with Gasteiger partial charge in [-0.1, -0.05) is 49.3 Å². The molecule has 0 saturated carbocycles. The van der Waals surface area contributed by atoms with E-state index >= 15 is 0 Å². The van der Waals surface area contributed by atoms with E-state index in [0.717, 1.165) is 0 Å². The van der Waals surface area contributed by atoms with Gasteiger partial charge in [0.1, 0.15) is 5.71 Å². The van der Waals surface area contributed by atoms with E-state index in [1.54, 1.807) is 24.3 Å². The van der Waals surface area contributed by atoms with E-state index in [1.165, 1.54) is 0 Å². The Morgan fingerprint density at radius 2 is 1.86 bits per heavy atom. The van der Waals surface area contributed by atoms with Crippen LogP contribution in [0.1, 0.15) is 24.2 Å². The van der Waals surface area contributed by atoms with Crippen LogP contribution in [0.15, 0.2) is 35.5 Å². The first-order valence-corrected chi connectivity index (χ1v) is 4.48. The number of nitrogens with zero attached hydrogens (tertiary/aromatic N) is 1. The van der Waals surface area contributed by atoms with Crippen molar-refractivity contribution in [1.82, 2.24) is 0 Å². The van der Waals surface area contributed by atoms with Gasteiger partial charge in [-0.2, -0.15) is 0 Å². The number of ketones is 1. The largest absolute Gasteiger partial charge is 0.411 e. The maximum atomic E-state index is 11.7. The summed E-state index contributed by atoms with van der Waals surface area (Å²) in [7, 11) is 0. The molecule has 0 spiro atoms. The Balaban J connectivity index is 2.96. The number of hydrogen-bond acceptors (Lipinski definition) is 3. The van der Waals surface area contributed by atoms with Crippen LogP contribution in [0.3, 0.4) is 0 Å². The first-order valence-electron chi connectivity index (χ1n) is 4.48. The van der Waals surface area contributed by atoms with E-state index in [0.29, 0.717) is 5.56 Å². The van der Waals surface area contributed by atoms with Crippen LogP contribution in [0.4, 0.5) is 0 Å².